The quantitative estimate of drug-likeness (QED) is 0.797. The van der Waals surface area contributed by atoms with Crippen LogP contribution in [0.15, 0.2) is 46.0 Å². The Morgan fingerprint density at radius 2 is 2.21 bits per heavy atom. The molecule has 0 amide bonds. The molecule has 1 heterocycles. The molecule has 2 aromatic rings. The van der Waals surface area contributed by atoms with E-state index in [2.05, 4.69) is 25.8 Å². The molecule has 0 bridgehead atoms. The highest BCUT2D eigenvalue weighted by Crippen LogP contribution is 2.23. The lowest BCUT2D eigenvalue weighted by molar-refractivity contribution is 0.560. The van der Waals surface area contributed by atoms with E-state index < -0.39 is 10.0 Å². The molecule has 0 aliphatic carbocycles. The molecular weight excluding hydrogens is 332 g/mol. The molecule has 2 rings (SSSR count). The second-order valence-electron chi connectivity index (χ2n) is 3.86. The van der Waals surface area contributed by atoms with E-state index in [-0.39, 0.29) is 11.4 Å². The Kier molecular flexibility index (Phi) is 4.23. The number of nitrogen functional groups attached to an aromatic ring is 1. The van der Waals surface area contributed by atoms with E-state index in [1.807, 2.05) is 0 Å². The van der Waals surface area contributed by atoms with Crippen LogP contribution in [0, 0.1) is 0 Å². The van der Waals surface area contributed by atoms with Gasteiger partial charge in [-0.25, -0.2) is 13.1 Å². The fourth-order valence-corrected chi connectivity index (χ4v) is 3.65. The van der Waals surface area contributed by atoms with Crippen LogP contribution in [0.3, 0.4) is 0 Å². The summed E-state index contributed by atoms with van der Waals surface area (Å²) in [4.78, 5) is 0.169. The van der Waals surface area contributed by atoms with Gasteiger partial charge in [0.1, 0.15) is 0 Å². The molecular formula is C11H13BrN4O2S. The predicted molar refractivity (Wildman–Crippen MR) is 76.0 cm³/mol. The molecule has 0 saturated heterocycles. The summed E-state index contributed by atoms with van der Waals surface area (Å²) in [5, 5.41) is 3.99. The highest BCUT2D eigenvalue weighted by Gasteiger charge is 2.16. The van der Waals surface area contributed by atoms with Crippen LogP contribution in [0.5, 0.6) is 0 Å². The lowest BCUT2D eigenvalue weighted by Gasteiger charge is -2.09. The van der Waals surface area contributed by atoms with Crippen LogP contribution in [0.1, 0.15) is 0 Å². The van der Waals surface area contributed by atoms with Gasteiger partial charge in [0.05, 0.1) is 11.4 Å². The van der Waals surface area contributed by atoms with Crippen molar-refractivity contribution in [2.24, 2.45) is 0 Å². The van der Waals surface area contributed by atoms with E-state index in [9.17, 15) is 8.42 Å². The zero-order valence-corrected chi connectivity index (χ0v) is 12.4. The van der Waals surface area contributed by atoms with Crippen molar-refractivity contribution in [3.8, 4) is 0 Å². The fourth-order valence-electron chi connectivity index (χ4n) is 1.54. The van der Waals surface area contributed by atoms with Crippen LogP contribution < -0.4 is 10.5 Å². The third-order valence-electron chi connectivity index (χ3n) is 2.44. The molecule has 0 saturated carbocycles. The van der Waals surface area contributed by atoms with E-state index in [1.165, 1.54) is 6.07 Å². The molecule has 8 heteroatoms. The minimum absolute atomic E-state index is 0.169. The molecule has 1 aromatic heterocycles. The van der Waals surface area contributed by atoms with Crippen molar-refractivity contribution >= 4 is 31.6 Å². The van der Waals surface area contributed by atoms with Crippen molar-refractivity contribution in [3.05, 3.63) is 41.1 Å². The summed E-state index contributed by atoms with van der Waals surface area (Å²) in [6.07, 6.45) is 3.42. The number of nitrogens with two attached hydrogens (primary N) is 1. The molecule has 0 radical (unpaired) electrons. The van der Waals surface area contributed by atoms with Crippen molar-refractivity contribution < 1.29 is 8.42 Å². The van der Waals surface area contributed by atoms with Gasteiger partial charge in [0.15, 0.2) is 0 Å². The van der Waals surface area contributed by atoms with Gasteiger partial charge < -0.3 is 5.73 Å². The van der Waals surface area contributed by atoms with Gasteiger partial charge in [-0.1, -0.05) is 0 Å². The van der Waals surface area contributed by atoms with E-state index in [0.29, 0.717) is 16.7 Å². The number of rotatable bonds is 5. The Morgan fingerprint density at radius 1 is 1.42 bits per heavy atom. The van der Waals surface area contributed by atoms with Gasteiger partial charge in [-0.3, -0.25) is 4.68 Å². The summed E-state index contributed by atoms with van der Waals surface area (Å²) in [5.74, 6) is 0. The number of nitrogens with one attached hydrogen (secondary N) is 1. The van der Waals surface area contributed by atoms with Crippen molar-refractivity contribution in [1.29, 1.82) is 0 Å². The van der Waals surface area contributed by atoms with Crippen LogP contribution in [0.4, 0.5) is 5.69 Å². The van der Waals surface area contributed by atoms with Crippen LogP contribution in [0.25, 0.3) is 0 Å². The molecule has 19 heavy (non-hydrogen) atoms. The molecule has 0 unspecified atom stereocenters. The number of hydrogen-bond acceptors (Lipinski definition) is 4. The molecule has 1 aromatic carbocycles. The van der Waals surface area contributed by atoms with Gasteiger partial charge in [0.25, 0.3) is 0 Å². The van der Waals surface area contributed by atoms with Crippen LogP contribution >= 0.6 is 15.9 Å². The Labute approximate surface area is 119 Å². The highest BCUT2D eigenvalue weighted by atomic mass is 79.9. The van der Waals surface area contributed by atoms with Crippen LogP contribution in [0.2, 0.25) is 0 Å². The number of benzene rings is 1. The average molecular weight is 345 g/mol. The second kappa shape index (κ2) is 5.72. The molecule has 3 N–H and O–H groups in total. The summed E-state index contributed by atoms with van der Waals surface area (Å²) < 4.78 is 28.8. The number of hydrogen-bond donors (Lipinski definition) is 2. The van der Waals surface area contributed by atoms with Crippen molar-refractivity contribution in [2.75, 3.05) is 12.3 Å². The highest BCUT2D eigenvalue weighted by molar-refractivity contribution is 9.10. The second-order valence-corrected chi connectivity index (χ2v) is 6.45. The third kappa shape index (κ3) is 3.55. The number of sulfonamides is 1. The fraction of sp³-hybridized carbons (Fsp3) is 0.182. The van der Waals surface area contributed by atoms with Gasteiger partial charge >= 0.3 is 0 Å². The minimum atomic E-state index is -3.55. The number of aromatic nitrogens is 2. The maximum atomic E-state index is 12.1. The summed E-state index contributed by atoms with van der Waals surface area (Å²) in [6.45, 7) is 0.736. The minimum Gasteiger partial charge on any atom is -0.399 e. The van der Waals surface area contributed by atoms with Crippen molar-refractivity contribution in [1.82, 2.24) is 14.5 Å². The first-order chi connectivity index (χ1) is 8.99. The Hall–Kier alpha value is -1.38. The lowest BCUT2D eigenvalue weighted by Crippen LogP contribution is -2.27. The number of halogens is 1. The SMILES string of the molecule is Nc1ccc(S(=O)(=O)NCCn2cccn2)c(Br)c1. The molecule has 0 fully saturated rings. The molecule has 0 spiro atoms. The maximum absolute atomic E-state index is 12.1. The summed E-state index contributed by atoms with van der Waals surface area (Å²) >= 11 is 3.20. The van der Waals surface area contributed by atoms with Crippen LogP contribution in [-0.4, -0.2) is 24.7 Å². The van der Waals surface area contributed by atoms with Crippen LogP contribution in [-0.2, 0) is 16.6 Å². The average Bonchev–Trinajstić information content (AvgIpc) is 2.81. The van der Waals surface area contributed by atoms with Gasteiger partial charge in [-0.2, -0.15) is 5.10 Å². The number of nitrogens with zero attached hydrogens (tertiary/aromatic N) is 2. The third-order valence-corrected chi connectivity index (χ3v) is 4.88. The standard InChI is InChI=1S/C11H13BrN4O2S/c12-10-8-9(13)2-3-11(10)19(17,18)15-5-7-16-6-1-4-14-16/h1-4,6,8,15H,5,7,13H2. The predicted octanol–water partition coefficient (Wildman–Crippen LogP) is 1.21. The summed E-state index contributed by atoms with van der Waals surface area (Å²) in [5.41, 5.74) is 6.08. The Morgan fingerprint density at radius 3 is 2.84 bits per heavy atom. The monoisotopic (exact) mass is 344 g/mol. The molecule has 6 nitrogen and oxygen atoms in total. The van der Waals surface area contributed by atoms with E-state index >= 15 is 0 Å². The first-order valence-corrected chi connectivity index (χ1v) is 7.79. The first kappa shape index (κ1) is 14.0. The van der Waals surface area contributed by atoms with Gasteiger partial charge in [-0.15, -0.1) is 0 Å². The lowest BCUT2D eigenvalue weighted by atomic mass is 10.3. The van der Waals surface area contributed by atoms with Gasteiger partial charge in [0, 0.05) is 29.1 Å². The first-order valence-electron chi connectivity index (χ1n) is 5.51. The van der Waals surface area contributed by atoms with Gasteiger partial charge in [0.2, 0.25) is 10.0 Å². The normalized spacial score (nSPS) is 11.6. The van der Waals surface area contributed by atoms with Crippen molar-refractivity contribution in [2.45, 2.75) is 11.4 Å². The Balaban J connectivity index is 2.05. The van der Waals surface area contributed by atoms with E-state index in [1.54, 1.807) is 35.3 Å². The molecule has 102 valence electrons. The Bertz CT molecular complexity index is 655. The molecule has 0 atom stereocenters. The molecule has 0 aliphatic heterocycles. The number of anilines is 1. The summed E-state index contributed by atoms with van der Waals surface area (Å²) in [6, 6.07) is 6.36. The van der Waals surface area contributed by atoms with Gasteiger partial charge in [-0.05, 0) is 40.2 Å². The maximum Gasteiger partial charge on any atom is 0.241 e. The smallest absolute Gasteiger partial charge is 0.241 e. The zero-order valence-electron chi connectivity index (χ0n) is 9.95. The summed E-state index contributed by atoms with van der Waals surface area (Å²) in [7, 11) is -3.55. The topological polar surface area (TPSA) is 90.0 Å². The van der Waals surface area contributed by atoms with E-state index in [4.69, 9.17) is 5.73 Å². The zero-order chi connectivity index (χ0) is 13.9. The largest absolute Gasteiger partial charge is 0.399 e. The van der Waals surface area contributed by atoms with Crippen molar-refractivity contribution in [3.63, 3.8) is 0 Å². The molecule has 0 aliphatic rings. The van der Waals surface area contributed by atoms with E-state index in [0.717, 1.165) is 0 Å².